The lowest BCUT2D eigenvalue weighted by molar-refractivity contribution is 0.112. The van der Waals surface area contributed by atoms with Crippen LogP contribution in [0, 0.1) is 0 Å². The predicted octanol–water partition coefficient (Wildman–Crippen LogP) is 2.94. The van der Waals surface area contributed by atoms with Crippen molar-refractivity contribution >= 4 is 12.4 Å². The molecule has 0 unspecified atom stereocenters. The van der Waals surface area contributed by atoms with E-state index in [0.29, 0.717) is 5.56 Å². The van der Waals surface area contributed by atoms with Crippen LogP contribution in [-0.4, -0.2) is 6.29 Å². The summed E-state index contributed by atoms with van der Waals surface area (Å²) in [5.41, 5.74) is 1.73. The maximum atomic E-state index is 10.2. The highest BCUT2D eigenvalue weighted by Gasteiger charge is 1.86. The SMILES string of the molecule is C=C.C=Cc1ccc(C=O)cc1. The van der Waals surface area contributed by atoms with E-state index in [0.717, 1.165) is 11.8 Å². The lowest BCUT2D eigenvalue weighted by Crippen LogP contribution is -1.77. The van der Waals surface area contributed by atoms with E-state index in [2.05, 4.69) is 19.7 Å². The molecule has 0 aliphatic rings. The highest BCUT2D eigenvalue weighted by molar-refractivity contribution is 5.75. The fourth-order valence-electron chi connectivity index (χ4n) is 0.711. The van der Waals surface area contributed by atoms with Gasteiger partial charge in [0.1, 0.15) is 6.29 Å². The van der Waals surface area contributed by atoms with Crippen LogP contribution in [0.1, 0.15) is 15.9 Å². The molecule has 12 heavy (non-hydrogen) atoms. The van der Waals surface area contributed by atoms with E-state index >= 15 is 0 Å². The van der Waals surface area contributed by atoms with Crippen LogP contribution in [0.3, 0.4) is 0 Å². The van der Waals surface area contributed by atoms with Gasteiger partial charge in [0.25, 0.3) is 0 Å². The summed E-state index contributed by atoms with van der Waals surface area (Å²) in [4.78, 5) is 10.2. The Hall–Kier alpha value is -1.63. The minimum absolute atomic E-state index is 0.700. The molecule has 0 aliphatic heterocycles. The molecule has 0 bridgehead atoms. The normalized spacial score (nSPS) is 7.67. The Kier molecular flexibility index (Phi) is 5.28. The van der Waals surface area contributed by atoms with Crippen LogP contribution >= 0.6 is 0 Å². The van der Waals surface area contributed by atoms with Crippen LogP contribution in [0.2, 0.25) is 0 Å². The van der Waals surface area contributed by atoms with Gasteiger partial charge in [-0.15, -0.1) is 13.2 Å². The number of carbonyl (C=O) groups excluding carboxylic acids is 1. The van der Waals surface area contributed by atoms with Gasteiger partial charge in [0.2, 0.25) is 0 Å². The van der Waals surface area contributed by atoms with Gasteiger partial charge in [-0.1, -0.05) is 36.9 Å². The van der Waals surface area contributed by atoms with Gasteiger partial charge in [0.05, 0.1) is 0 Å². The van der Waals surface area contributed by atoms with E-state index in [1.807, 2.05) is 12.1 Å². The largest absolute Gasteiger partial charge is 0.298 e. The molecule has 0 atom stereocenters. The Morgan fingerprint density at radius 2 is 1.42 bits per heavy atom. The third kappa shape index (κ3) is 2.97. The standard InChI is InChI=1S/C9H8O.C2H4/c1-2-8-3-5-9(7-10)6-4-8;1-2/h2-7H,1H2;1-2H2. The van der Waals surface area contributed by atoms with Crippen LogP contribution in [0.15, 0.2) is 44.0 Å². The van der Waals surface area contributed by atoms with Crippen molar-refractivity contribution in [2.45, 2.75) is 0 Å². The fourth-order valence-corrected chi connectivity index (χ4v) is 0.711. The monoisotopic (exact) mass is 160 g/mol. The molecule has 1 nitrogen and oxygen atoms in total. The second-order valence-electron chi connectivity index (χ2n) is 1.99. The van der Waals surface area contributed by atoms with Crippen molar-refractivity contribution in [1.29, 1.82) is 0 Å². The zero-order valence-electron chi connectivity index (χ0n) is 6.99. The number of benzene rings is 1. The summed E-state index contributed by atoms with van der Waals surface area (Å²) in [6.07, 6.45) is 2.57. The smallest absolute Gasteiger partial charge is 0.150 e. The molecule has 1 aromatic carbocycles. The zero-order chi connectivity index (χ0) is 9.40. The van der Waals surface area contributed by atoms with Crippen LogP contribution in [0.25, 0.3) is 6.08 Å². The van der Waals surface area contributed by atoms with Crippen molar-refractivity contribution < 1.29 is 4.79 Å². The first-order valence-corrected chi connectivity index (χ1v) is 3.54. The summed E-state index contributed by atoms with van der Waals surface area (Å²) in [5.74, 6) is 0. The highest BCUT2D eigenvalue weighted by atomic mass is 16.1. The first-order valence-electron chi connectivity index (χ1n) is 3.54. The van der Waals surface area contributed by atoms with Crippen molar-refractivity contribution in [3.05, 3.63) is 55.1 Å². The fraction of sp³-hybridized carbons (Fsp3) is 0. The molecule has 0 radical (unpaired) electrons. The van der Waals surface area contributed by atoms with Crippen LogP contribution in [0.4, 0.5) is 0 Å². The lowest BCUT2D eigenvalue weighted by Gasteiger charge is -1.90. The maximum absolute atomic E-state index is 10.2. The number of rotatable bonds is 2. The van der Waals surface area contributed by atoms with Crippen LogP contribution in [0.5, 0.6) is 0 Å². The molecular weight excluding hydrogens is 148 g/mol. The summed E-state index contributed by atoms with van der Waals surface area (Å²) in [7, 11) is 0. The van der Waals surface area contributed by atoms with Crippen molar-refractivity contribution in [3.63, 3.8) is 0 Å². The first kappa shape index (κ1) is 10.4. The van der Waals surface area contributed by atoms with E-state index in [4.69, 9.17) is 0 Å². The highest BCUT2D eigenvalue weighted by Crippen LogP contribution is 2.02. The Morgan fingerprint density at radius 3 is 1.75 bits per heavy atom. The van der Waals surface area contributed by atoms with Crippen molar-refractivity contribution in [2.24, 2.45) is 0 Å². The summed E-state index contributed by atoms with van der Waals surface area (Å²) >= 11 is 0. The Labute approximate surface area is 73.0 Å². The molecule has 0 aliphatic carbocycles. The topological polar surface area (TPSA) is 17.1 Å². The van der Waals surface area contributed by atoms with Gasteiger partial charge in [-0.05, 0) is 5.56 Å². The minimum Gasteiger partial charge on any atom is -0.298 e. The third-order valence-electron chi connectivity index (χ3n) is 1.31. The molecule has 0 heterocycles. The molecule has 0 spiro atoms. The van der Waals surface area contributed by atoms with Crippen LogP contribution < -0.4 is 0 Å². The van der Waals surface area contributed by atoms with Gasteiger partial charge < -0.3 is 0 Å². The summed E-state index contributed by atoms with van der Waals surface area (Å²) in [6.45, 7) is 9.60. The molecule has 1 aromatic rings. The average molecular weight is 160 g/mol. The second kappa shape index (κ2) is 6.10. The van der Waals surface area contributed by atoms with Gasteiger partial charge in [-0.3, -0.25) is 4.79 Å². The summed E-state index contributed by atoms with van der Waals surface area (Å²) < 4.78 is 0. The molecule has 1 heteroatoms. The molecule has 0 saturated heterocycles. The number of hydrogen-bond acceptors (Lipinski definition) is 1. The quantitative estimate of drug-likeness (QED) is 0.480. The first-order chi connectivity index (χ1) is 5.86. The summed E-state index contributed by atoms with van der Waals surface area (Å²) in [6, 6.07) is 7.25. The second-order valence-corrected chi connectivity index (χ2v) is 1.99. The van der Waals surface area contributed by atoms with E-state index in [9.17, 15) is 4.79 Å². The lowest BCUT2D eigenvalue weighted by atomic mass is 10.1. The molecular formula is C11H12O. The van der Waals surface area contributed by atoms with Crippen molar-refractivity contribution in [2.75, 3.05) is 0 Å². The van der Waals surface area contributed by atoms with E-state index in [1.165, 1.54) is 0 Å². The average Bonchev–Trinajstić information content (AvgIpc) is 2.21. The molecule has 62 valence electrons. The van der Waals surface area contributed by atoms with Gasteiger partial charge >= 0.3 is 0 Å². The molecule has 0 amide bonds. The summed E-state index contributed by atoms with van der Waals surface area (Å²) in [5, 5.41) is 0. The van der Waals surface area contributed by atoms with Crippen molar-refractivity contribution in [3.8, 4) is 0 Å². The Bertz CT molecular complexity index is 219. The molecule has 0 saturated carbocycles. The predicted molar refractivity (Wildman–Crippen MR) is 53.2 cm³/mol. The van der Waals surface area contributed by atoms with E-state index < -0.39 is 0 Å². The van der Waals surface area contributed by atoms with Gasteiger partial charge in [-0.25, -0.2) is 0 Å². The minimum atomic E-state index is 0.700. The molecule has 1 rings (SSSR count). The van der Waals surface area contributed by atoms with Gasteiger partial charge in [0.15, 0.2) is 0 Å². The number of hydrogen-bond donors (Lipinski definition) is 0. The third-order valence-corrected chi connectivity index (χ3v) is 1.31. The van der Waals surface area contributed by atoms with E-state index in [-0.39, 0.29) is 0 Å². The van der Waals surface area contributed by atoms with Gasteiger partial charge in [-0.2, -0.15) is 0 Å². The molecule has 0 aromatic heterocycles. The van der Waals surface area contributed by atoms with Crippen LogP contribution in [-0.2, 0) is 0 Å². The number of aldehydes is 1. The number of carbonyl (C=O) groups is 1. The molecule has 0 fully saturated rings. The Morgan fingerprint density at radius 1 is 1.00 bits per heavy atom. The van der Waals surface area contributed by atoms with Gasteiger partial charge in [0, 0.05) is 5.56 Å². The molecule has 0 N–H and O–H groups in total. The van der Waals surface area contributed by atoms with Crippen molar-refractivity contribution in [1.82, 2.24) is 0 Å². The zero-order valence-corrected chi connectivity index (χ0v) is 6.99. The van der Waals surface area contributed by atoms with E-state index in [1.54, 1.807) is 18.2 Å². The Balaban J connectivity index is 0.000000561. The maximum Gasteiger partial charge on any atom is 0.150 e.